The summed E-state index contributed by atoms with van der Waals surface area (Å²) in [5, 5.41) is 8.03. The molecule has 8 heteroatoms. The molecule has 1 aromatic rings. The zero-order valence-electron chi connectivity index (χ0n) is 10.5. The number of nitrogens with one attached hydrogen (secondary N) is 1. The minimum absolute atomic E-state index is 0.00470. The molecule has 0 aliphatic carbocycles. The second kappa shape index (κ2) is 4.71. The molecule has 19 heavy (non-hydrogen) atoms. The molecule has 1 unspecified atom stereocenters. The lowest BCUT2D eigenvalue weighted by Gasteiger charge is -2.15. The van der Waals surface area contributed by atoms with Gasteiger partial charge in [-0.1, -0.05) is 0 Å². The zero-order chi connectivity index (χ0) is 14.2. The molecule has 5 N–H and O–H groups in total. The number of anilines is 2. The fourth-order valence-corrected chi connectivity index (χ4v) is 2.54. The molecular weight excluding hydrogens is 268 g/mol. The van der Waals surface area contributed by atoms with Gasteiger partial charge in [0, 0.05) is 13.6 Å². The molecule has 104 valence electrons. The molecule has 1 aliphatic heterocycles. The molecule has 0 radical (unpaired) electrons. The Labute approximate surface area is 111 Å². The lowest BCUT2D eigenvalue weighted by Crippen LogP contribution is -2.31. The van der Waals surface area contributed by atoms with Gasteiger partial charge in [0.15, 0.2) is 0 Å². The Morgan fingerprint density at radius 1 is 1.42 bits per heavy atom. The number of hydrogen-bond donors (Lipinski definition) is 3. The Balaban J connectivity index is 2.21. The van der Waals surface area contributed by atoms with Crippen molar-refractivity contribution in [3.8, 4) is 0 Å². The first-order chi connectivity index (χ1) is 8.79. The molecule has 1 heterocycles. The molecule has 1 aliphatic rings. The van der Waals surface area contributed by atoms with Crippen LogP contribution in [0.1, 0.15) is 6.42 Å². The Kier molecular flexibility index (Phi) is 3.38. The summed E-state index contributed by atoms with van der Waals surface area (Å²) in [6.45, 7) is 0.686. The van der Waals surface area contributed by atoms with E-state index >= 15 is 0 Å². The highest BCUT2D eigenvalue weighted by atomic mass is 32.2. The first-order valence-corrected chi connectivity index (χ1v) is 7.27. The van der Waals surface area contributed by atoms with E-state index in [0.717, 1.165) is 0 Å². The largest absolute Gasteiger partial charge is 0.397 e. The number of sulfonamides is 1. The van der Waals surface area contributed by atoms with Crippen molar-refractivity contribution < 1.29 is 13.2 Å². The Morgan fingerprint density at radius 3 is 2.58 bits per heavy atom. The van der Waals surface area contributed by atoms with Crippen LogP contribution in [0.3, 0.4) is 0 Å². The van der Waals surface area contributed by atoms with Crippen molar-refractivity contribution in [3.05, 3.63) is 18.2 Å². The second-order valence-electron chi connectivity index (χ2n) is 4.54. The molecule has 0 saturated carbocycles. The van der Waals surface area contributed by atoms with Gasteiger partial charge in [0.1, 0.15) is 6.04 Å². The smallest absolute Gasteiger partial charge is 0.244 e. The first kappa shape index (κ1) is 13.6. The van der Waals surface area contributed by atoms with Crippen molar-refractivity contribution in [2.24, 2.45) is 5.14 Å². The molecule has 2 rings (SSSR count). The number of likely N-dealkylation sites (tertiary alicyclic amines) is 1. The minimum Gasteiger partial charge on any atom is -0.397 e. The molecule has 0 aromatic heterocycles. The van der Waals surface area contributed by atoms with E-state index in [0.29, 0.717) is 18.7 Å². The van der Waals surface area contributed by atoms with Crippen LogP contribution in [0.15, 0.2) is 23.1 Å². The van der Waals surface area contributed by atoms with E-state index < -0.39 is 10.0 Å². The molecule has 7 nitrogen and oxygen atoms in total. The number of nitrogens with two attached hydrogens (primary N) is 2. The van der Waals surface area contributed by atoms with Crippen LogP contribution in [0.2, 0.25) is 0 Å². The molecule has 1 aromatic carbocycles. The topological polar surface area (TPSA) is 119 Å². The summed E-state index contributed by atoms with van der Waals surface area (Å²) in [5.74, 6) is -0.00470. The van der Waals surface area contributed by atoms with E-state index in [1.807, 2.05) is 0 Å². The van der Waals surface area contributed by atoms with E-state index in [2.05, 4.69) is 5.32 Å². The molecule has 1 fully saturated rings. The third kappa shape index (κ3) is 2.79. The average Bonchev–Trinajstić information content (AvgIpc) is 2.62. The van der Waals surface area contributed by atoms with Crippen LogP contribution in [0.4, 0.5) is 11.4 Å². The summed E-state index contributed by atoms with van der Waals surface area (Å²) in [6, 6.07) is 3.83. The summed E-state index contributed by atoms with van der Waals surface area (Å²) >= 11 is 0. The van der Waals surface area contributed by atoms with Crippen LogP contribution in [0.5, 0.6) is 0 Å². The van der Waals surface area contributed by atoms with E-state index in [-0.39, 0.29) is 22.5 Å². The van der Waals surface area contributed by atoms with Gasteiger partial charge >= 0.3 is 0 Å². The monoisotopic (exact) mass is 284 g/mol. The van der Waals surface area contributed by atoms with Gasteiger partial charge in [-0.25, -0.2) is 13.6 Å². The van der Waals surface area contributed by atoms with Gasteiger partial charge in [-0.15, -0.1) is 0 Å². The van der Waals surface area contributed by atoms with Crippen LogP contribution in [0.25, 0.3) is 0 Å². The van der Waals surface area contributed by atoms with Crippen molar-refractivity contribution in [2.45, 2.75) is 17.4 Å². The summed E-state index contributed by atoms with van der Waals surface area (Å²) < 4.78 is 22.4. The Morgan fingerprint density at radius 2 is 2.11 bits per heavy atom. The average molecular weight is 284 g/mol. The van der Waals surface area contributed by atoms with Crippen molar-refractivity contribution in [1.29, 1.82) is 0 Å². The lowest BCUT2D eigenvalue weighted by atomic mass is 10.2. The van der Waals surface area contributed by atoms with Crippen LogP contribution >= 0.6 is 0 Å². The highest BCUT2D eigenvalue weighted by Crippen LogP contribution is 2.24. The maximum absolute atomic E-state index is 11.8. The minimum atomic E-state index is -3.77. The number of nitrogens with zero attached hydrogens (tertiary/aromatic N) is 1. The van der Waals surface area contributed by atoms with Crippen LogP contribution in [0, 0.1) is 0 Å². The SMILES string of the molecule is CN1CCC(Nc2ccc(S(N)(=O)=O)cc2N)C1=O. The van der Waals surface area contributed by atoms with Crippen LogP contribution in [-0.4, -0.2) is 38.9 Å². The van der Waals surface area contributed by atoms with Crippen LogP contribution in [-0.2, 0) is 14.8 Å². The molecular formula is C11H16N4O3S. The van der Waals surface area contributed by atoms with Gasteiger partial charge in [-0.2, -0.15) is 0 Å². The highest BCUT2D eigenvalue weighted by Gasteiger charge is 2.29. The number of rotatable bonds is 3. The van der Waals surface area contributed by atoms with E-state index in [1.54, 1.807) is 11.9 Å². The van der Waals surface area contributed by atoms with E-state index in [1.165, 1.54) is 18.2 Å². The van der Waals surface area contributed by atoms with E-state index in [4.69, 9.17) is 10.9 Å². The fourth-order valence-electron chi connectivity index (χ4n) is 1.99. The number of amides is 1. The first-order valence-electron chi connectivity index (χ1n) is 5.73. The number of nitrogen functional groups attached to an aromatic ring is 1. The predicted molar refractivity (Wildman–Crippen MR) is 71.9 cm³/mol. The highest BCUT2D eigenvalue weighted by molar-refractivity contribution is 7.89. The van der Waals surface area contributed by atoms with Crippen molar-refractivity contribution >= 4 is 27.3 Å². The van der Waals surface area contributed by atoms with Gasteiger partial charge in [0.05, 0.1) is 16.3 Å². The predicted octanol–water partition coefficient (Wildman–Crippen LogP) is -0.441. The quantitative estimate of drug-likeness (QED) is 0.650. The van der Waals surface area contributed by atoms with E-state index in [9.17, 15) is 13.2 Å². The normalized spacial score (nSPS) is 19.8. The Hall–Kier alpha value is -1.80. The van der Waals surface area contributed by atoms with Crippen molar-refractivity contribution in [2.75, 3.05) is 24.6 Å². The molecule has 0 spiro atoms. The lowest BCUT2D eigenvalue weighted by molar-refractivity contribution is -0.127. The third-order valence-electron chi connectivity index (χ3n) is 3.11. The number of likely N-dealkylation sites (N-methyl/N-ethyl adjacent to an activating group) is 1. The van der Waals surface area contributed by atoms with Crippen LogP contribution < -0.4 is 16.2 Å². The summed E-state index contributed by atoms with van der Waals surface area (Å²) in [7, 11) is -2.04. The number of benzene rings is 1. The molecule has 1 amide bonds. The molecule has 1 saturated heterocycles. The number of carbonyl (C=O) groups excluding carboxylic acids is 1. The zero-order valence-corrected chi connectivity index (χ0v) is 11.3. The number of carbonyl (C=O) groups is 1. The van der Waals surface area contributed by atoms with Gasteiger partial charge in [0.2, 0.25) is 15.9 Å². The summed E-state index contributed by atoms with van der Waals surface area (Å²) in [5.41, 5.74) is 6.54. The molecule has 0 bridgehead atoms. The number of hydrogen-bond acceptors (Lipinski definition) is 5. The number of primary sulfonamides is 1. The van der Waals surface area contributed by atoms with Crippen molar-refractivity contribution in [3.63, 3.8) is 0 Å². The maximum Gasteiger partial charge on any atom is 0.244 e. The van der Waals surface area contributed by atoms with Crippen molar-refractivity contribution in [1.82, 2.24) is 4.90 Å². The second-order valence-corrected chi connectivity index (χ2v) is 6.10. The van der Waals surface area contributed by atoms with Gasteiger partial charge in [-0.3, -0.25) is 4.79 Å². The fraction of sp³-hybridized carbons (Fsp3) is 0.364. The molecule has 1 atom stereocenters. The van der Waals surface area contributed by atoms with Gasteiger partial charge in [-0.05, 0) is 24.6 Å². The third-order valence-corrected chi connectivity index (χ3v) is 4.02. The van der Waals surface area contributed by atoms with Gasteiger partial charge in [0.25, 0.3) is 0 Å². The summed E-state index contributed by atoms with van der Waals surface area (Å²) in [4.78, 5) is 13.3. The summed E-state index contributed by atoms with van der Waals surface area (Å²) in [6.07, 6.45) is 0.686. The standard InChI is InChI=1S/C11H16N4O3S/c1-15-5-4-10(11(15)16)14-9-3-2-7(6-8(9)12)19(13,17)18/h2-3,6,10,14H,4-5,12H2,1H3,(H2,13,17,18). The maximum atomic E-state index is 11.8. The van der Waals surface area contributed by atoms with Gasteiger partial charge < -0.3 is 16.0 Å². The Bertz CT molecular complexity index is 614.